The second-order valence-corrected chi connectivity index (χ2v) is 7.16. The lowest BCUT2D eigenvalue weighted by molar-refractivity contribution is -0.679. The molecule has 5 heteroatoms. The molecule has 3 rings (SSSR count). The fraction of sp³-hybridized carbons (Fsp3) is 0.409. The molecule has 2 aromatic carbocycles. The first kappa shape index (κ1) is 21.7. The van der Waals surface area contributed by atoms with Gasteiger partial charge in [-0.25, -0.2) is 9.13 Å². The van der Waals surface area contributed by atoms with Crippen LogP contribution in [0.2, 0.25) is 0 Å². The third-order valence-corrected chi connectivity index (χ3v) is 5.07. The molecule has 27 heavy (non-hydrogen) atoms. The Morgan fingerprint density at radius 3 is 2.30 bits per heavy atom. The Hall–Kier alpha value is -1.60. The van der Waals surface area contributed by atoms with Gasteiger partial charge in [0.25, 0.3) is 0 Å². The van der Waals surface area contributed by atoms with Crippen molar-refractivity contribution in [3.8, 4) is 5.75 Å². The van der Waals surface area contributed by atoms with Crippen LogP contribution in [-0.4, -0.2) is 22.4 Å². The monoisotopic (exact) mass is 480 g/mol. The maximum Gasteiger partial charge on any atom is 0.244 e. The Bertz CT molecular complexity index is 913. The highest BCUT2D eigenvalue weighted by Gasteiger charge is 2.19. The van der Waals surface area contributed by atoms with E-state index in [1.165, 1.54) is 16.6 Å². The molecule has 146 valence electrons. The van der Waals surface area contributed by atoms with E-state index in [4.69, 9.17) is 4.74 Å². The summed E-state index contributed by atoms with van der Waals surface area (Å²) in [6.07, 6.45) is 1.52. The van der Waals surface area contributed by atoms with Crippen molar-refractivity contribution in [2.75, 3.05) is 6.61 Å². The molecule has 0 saturated heterocycles. The van der Waals surface area contributed by atoms with Gasteiger partial charge in [0.15, 0.2) is 11.0 Å². The van der Waals surface area contributed by atoms with Crippen LogP contribution in [0.15, 0.2) is 36.7 Å². The molecule has 0 amide bonds. The molecule has 0 fully saturated rings. The van der Waals surface area contributed by atoms with Gasteiger partial charge in [-0.15, -0.1) is 0 Å². The van der Waals surface area contributed by atoms with Gasteiger partial charge in [-0.3, -0.25) is 0 Å². The van der Waals surface area contributed by atoms with E-state index < -0.39 is 6.10 Å². The number of benzene rings is 2. The number of halogens is 1. The van der Waals surface area contributed by atoms with E-state index in [0.717, 1.165) is 28.9 Å². The Labute approximate surface area is 178 Å². The summed E-state index contributed by atoms with van der Waals surface area (Å²) >= 11 is 0. The summed E-state index contributed by atoms with van der Waals surface area (Å²) in [5.41, 5.74) is 7.11. The smallest absolute Gasteiger partial charge is 0.244 e. The van der Waals surface area contributed by atoms with E-state index in [1.54, 1.807) is 0 Å². The normalized spacial score (nSPS) is 12.1. The van der Waals surface area contributed by atoms with E-state index in [-0.39, 0.29) is 30.6 Å². The van der Waals surface area contributed by atoms with Crippen LogP contribution in [0.1, 0.15) is 29.2 Å². The van der Waals surface area contributed by atoms with Gasteiger partial charge in [0.05, 0.1) is 6.54 Å². The van der Waals surface area contributed by atoms with Crippen LogP contribution in [0.5, 0.6) is 5.75 Å². The number of imidazole rings is 1. The van der Waals surface area contributed by atoms with Crippen LogP contribution >= 0.6 is 0 Å². The first-order valence-electron chi connectivity index (χ1n) is 9.27. The van der Waals surface area contributed by atoms with Gasteiger partial charge in [-0.1, -0.05) is 18.2 Å². The molecule has 1 aromatic heterocycles. The minimum Gasteiger partial charge on any atom is -1.00 e. The van der Waals surface area contributed by atoms with Crippen LogP contribution < -0.4 is 33.3 Å². The van der Waals surface area contributed by atoms with E-state index >= 15 is 0 Å². The fourth-order valence-corrected chi connectivity index (χ4v) is 3.42. The maximum absolute atomic E-state index is 10.6. The van der Waals surface area contributed by atoms with Crippen molar-refractivity contribution in [2.45, 2.75) is 53.8 Å². The lowest BCUT2D eigenvalue weighted by atomic mass is 10.1. The number of aromatic nitrogens is 2. The van der Waals surface area contributed by atoms with Gasteiger partial charge < -0.3 is 33.8 Å². The van der Waals surface area contributed by atoms with Crippen molar-refractivity contribution in [1.29, 1.82) is 0 Å². The Kier molecular flexibility index (Phi) is 7.28. The summed E-state index contributed by atoms with van der Waals surface area (Å²) in [6.45, 7) is 12.2. The van der Waals surface area contributed by atoms with Crippen LogP contribution in [0.3, 0.4) is 0 Å². The number of rotatable bonds is 6. The molecule has 1 N–H and O–H groups in total. The SMILES string of the molecule is CCn1c[n+](CC(O)COc2c(C)cccc2C)c2cc(C)c(C)cc21.[I-]. The van der Waals surface area contributed by atoms with Crippen LogP contribution in [0.25, 0.3) is 11.0 Å². The van der Waals surface area contributed by atoms with Crippen molar-refractivity contribution >= 4 is 11.0 Å². The lowest BCUT2D eigenvalue weighted by Crippen LogP contribution is -3.00. The Morgan fingerprint density at radius 2 is 1.67 bits per heavy atom. The molecular formula is C22H29IN2O2. The zero-order valence-corrected chi connectivity index (χ0v) is 18.9. The standard InChI is InChI=1S/C22H29N2O2.HI/c1-6-23-14-24(21-11-18(5)17(4)10-20(21)23)12-19(25)13-26-22-15(2)8-7-9-16(22)3;/h7-11,14,19,25H,6,12-13H2,1-5H3;1H/q+1;/p-1. The molecule has 0 aliphatic carbocycles. The van der Waals surface area contributed by atoms with E-state index in [1.807, 2.05) is 32.0 Å². The van der Waals surface area contributed by atoms with Crippen LogP contribution in [0, 0.1) is 27.7 Å². The lowest BCUT2D eigenvalue weighted by Gasteiger charge is -2.14. The summed E-state index contributed by atoms with van der Waals surface area (Å²) in [5, 5.41) is 10.6. The highest BCUT2D eigenvalue weighted by atomic mass is 127. The molecule has 0 spiro atoms. The Balaban J connectivity index is 0.00000261. The largest absolute Gasteiger partial charge is 1.00 e. The third kappa shape index (κ3) is 4.63. The summed E-state index contributed by atoms with van der Waals surface area (Å²) in [6, 6.07) is 10.5. The highest BCUT2D eigenvalue weighted by Crippen LogP contribution is 2.22. The van der Waals surface area contributed by atoms with Crippen molar-refractivity contribution in [3.05, 3.63) is 58.9 Å². The zero-order valence-electron chi connectivity index (χ0n) is 16.8. The molecule has 0 bridgehead atoms. The number of para-hydroxylation sites is 1. The van der Waals surface area contributed by atoms with Gasteiger partial charge in [0, 0.05) is 0 Å². The van der Waals surface area contributed by atoms with Crippen LogP contribution in [0.4, 0.5) is 0 Å². The average Bonchev–Trinajstić information content (AvgIpc) is 2.91. The van der Waals surface area contributed by atoms with Crippen molar-refractivity contribution in [2.24, 2.45) is 0 Å². The average molecular weight is 480 g/mol. The number of fused-ring (bicyclic) bond motifs is 1. The first-order valence-corrected chi connectivity index (χ1v) is 9.27. The summed E-state index contributed by atoms with van der Waals surface area (Å²) in [7, 11) is 0. The van der Waals surface area contributed by atoms with Gasteiger partial charge in [0.2, 0.25) is 6.33 Å². The fourth-order valence-electron chi connectivity index (χ4n) is 3.42. The molecule has 4 nitrogen and oxygen atoms in total. The summed E-state index contributed by atoms with van der Waals surface area (Å²) in [4.78, 5) is 0. The number of hydrogen-bond acceptors (Lipinski definition) is 2. The summed E-state index contributed by atoms with van der Waals surface area (Å²) < 4.78 is 10.3. The van der Waals surface area contributed by atoms with Crippen molar-refractivity contribution < 1.29 is 38.4 Å². The summed E-state index contributed by atoms with van der Waals surface area (Å²) in [5.74, 6) is 0.874. The van der Waals surface area contributed by atoms with Crippen molar-refractivity contribution in [1.82, 2.24) is 4.57 Å². The minimum atomic E-state index is -0.573. The molecule has 0 aliphatic heterocycles. The molecule has 1 heterocycles. The number of hydrogen-bond donors (Lipinski definition) is 1. The number of aliphatic hydroxyl groups is 1. The van der Waals surface area contributed by atoms with Gasteiger partial charge in [0.1, 0.15) is 25.0 Å². The number of nitrogens with zero attached hydrogens (tertiary/aromatic N) is 2. The molecule has 0 radical (unpaired) electrons. The second-order valence-electron chi connectivity index (χ2n) is 7.16. The molecule has 1 unspecified atom stereocenters. The second kappa shape index (κ2) is 9.06. The molecule has 1 atom stereocenters. The number of aryl methyl sites for hydroxylation is 5. The van der Waals surface area contributed by atoms with E-state index in [0.29, 0.717) is 6.54 Å². The van der Waals surface area contributed by atoms with E-state index in [9.17, 15) is 5.11 Å². The minimum absolute atomic E-state index is 0. The number of aliphatic hydroxyl groups excluding tert-OH is 1. The highest BCUT2D eigenvalue weighted by molar-refractivity contribution is 5.74. The molecular weight excluding hydrogens is 451 g/mol. The predicted octanol–water partition coefficient (Wildman–Crippen LogP) is 0.626. The molecule has 0 saturated carbocycles. The maximum atomic E-state index is 10.6. The molecule has 0 aliphatic rings. The number of ether oxygens (including phenoxy) is 1. The van der Waals surface area contributed by atoms with Gasteiger partial charge >= 0.3 is 0 Å². The van der Waals surface area contributed by atoms with Gasteiger partial charge in [-0.2, -0.15) is 0 Å². The zero-order chi connectivity index (χ0) is 18.8. The molecule has 3 aromatic rings. The quantitative estimate of drug-likeness (QED) is 0.415. The van der Waals surface area contributed by atoms with Crippen LogP contribution in [-0.2, 0) is 13.1 Å². The van der Waals surface area contributed by atoms with Gasteiger partial charge in [-0.05, 0) is 69.0 Å². The first-order chi connectivity index (χ1) is 12.4. The van der Waals surface area contributed by atoms with Crippen molar-refractivity contribution in [3.63, 3.8) is 0 Å². The topological polar surface area (TPSA) is 38.3 Å². The Morgan fingerprint density at radius 1 is 1.04 bits per heavy atom. The van der Waals surface area contributed by atoms with E-state index in [2.05, 4.69) is 48.4 Å². The third-order valence-electron chi connectivity index (χ3n) is 5.07. The predicted molar refractivity (Wildman–Crippen MR) is 105 cm³/mol.